The van der Waals surface area contributed by atoms with Crippen molar-refractivity contribution in [1.29, 1.82) is 0 Å². The highest BCUT2D eigenvalue weighted by atomic mass is 16.2. The van der Waals surface area contributed by atoms with Crippen LogP contribution in [0.15, 0.2) is 42.7 Å². The number of hydrogen-bond acceptors (Lipinski definition) is 5. The fraction of sp³-hybridized carbons (Fsp3) is 0.385. The summed E-state index contributed by atoms with van der Waals surface area (Å²) >= 11 is 0. The molecule has 176 valence electrons. The summed E-state index contributed by atoms with van der Waals surface area (Å²) in [6.45, 7) is 7.09. The van der Waals surface area contributed by atoms with Crippen molar-refractivity contribution in [1.82, 2.24) is 24.8 Å². The summed E-state index contributed by atoms with van der Waals surface area (Å²) < 4.78 is 2.09. The largest absolute Gasteiger partial charge is 0.383 e. The second-order valence-electron chi connectivity index (χ2n) is 9.47. The monoisotopic (exact) mass is 458 g/mol. The van der Waals surface area contributed by atoms with E-state index in [4.69, 9.17) is 5.73 Å². The standard InChI is InChI=1S/C26H30N6O2/c1-15(2)25(33)30-19-12-18(13-19)22-20(21-23(27)28-14-29-24(21)31(22)3)16-6-8-17(9-7-16)26(34)32-10-4-5-11-32/h6-9,14,18-19H,1,4-5,10-13H2,2-3H3,(H,30,33)(H2,27,28,29)/t18-,19-. The lowest BCUT2D eigenvalue weighted by atomic mass is 9.76. The minimum Gasteiger partial charge on any atom is -0.383 e. The van der Waals surface area contributed by atoms with Crippen LogP contribution in [0.2, 0.25) is 0 Å². The molecule has 0 bridgehead atoms. The third-order valence-corrected chi connectivity index (χ3v) is 7.10. The molecule has 1 aliphatic heterocycles. The molecule has 1 saturated carbocycles. The van der Waals surface area contributed by atoms with Gasteiger partial charge in [-0.3, -0.25) is 9.59 Å². The molecular weight excluding hydrogens is 428 g/mol. The molecular formula is C26H30N6O2. The molecule has 0 spiro atoms. The highest BCUT2D eigenvalue weighted by Gasteiger charge is 2.36. The number of amides is 2. The van der Waals surface area contributed by atoms with Gasteiger partial charge in [0.15, 0.2) is 0 Å². The topological polar surface area (TPSA) is 106 Å². The maximum atomic E-state index is 12.8. The number of carbonyl (C=O) groups excluding carboxylic acids is 2. The van der Waals surface area contributed by atoms with Gasteiger partial charge >= 0.3 is 0 Å². The first-order chi connectivity index (χ1) is 16.3. The number of nitrogen functional groups attached to an aromatic ring is 1. The van der Waals surface area contributed by atoms with Gasteiger partial charge in [0.05, 0.1) is 5.39 Å². The first-order valence-electron chi connectivity index (χ1n) is 11.8. The van der Waals surface area contributed by atoms with E-state index in [1.807, 2.05) is 36.2 Å². The second kappa shape index (κ2) is 8.59. The highest BCUT2D eigenvalue weighted by Crippen LogP contribution is 2.46. The molecule has 2 aliphatic rings. The summed E-state index contributed by atoms with van der Waals surface area (Å²) in [6.07, 6.45) is 5.28. The number of anilines is 1. The number of fused-ring (bicyclic) bond motifs is 1. The van der Waals surface area contributed by atoms with Gasteiger partial charge in [-0.1, -0.05) is 18.7 Å². The number of rotatable bonds is 5. The molecule has 0 radical (unpaired) electrons. The molecule has 34 heavy (non-hydrogen) atoms. The van der Waals surface area contributed by atoms with E-state index in [2.05, 4.69) is 26.4 Å². The molecule has 3 N–H and O–H groups in total. The van der Waals surface area contributed by atoms with E-state index in [-0.39, 0.29) is 23.8 Å². The molecule has 3 heterocycles. The molecule has 5 rings (SSSR count). The van der Waals surface area contributed by atoms with Gasteiger partial charge in [-0.2, -0.15) is 0 Å². The third-order valence-electron chi connectivity index (χ3n) is 7.10. The summed E-state index contributed by atoms with van der Waals surface area (Å²) in [5, 5.41) is 3.87. The third kappa shape index (κ3) is 3.73. The van der Waals surface area contributed by atoms with Crippen LogP contribution in [0.4, 0.5) is 5.82 Å². The molecule has 3 aromatic rings. The van der Waals surface area contributed by atoms with E-state index in [1.165, 1.54) is 6.33 Å². The zero-order chi connectivity index (χ0) is 24.0. The molecule has 2 amide bonds. The zero-order valence-corrected chi connectivity index (χ0v) is 19.7. The van der Waals surface area contributed by atoms with Crippen molar-refractivity contribution in [3.05, 3.63) is 54.0 Å². The van der Waals surface area contributed by atoms with Crippen molar-refractivity contribution in [2.45, 2.75) is 44.6 Å². The lowest BCUT2D eigenvalue weighted by molar-refractivity contribution is -0.118. The molecule has 1 saturated heterocycles. The first-order valence-corrected chi connectivity index (χ1v) is 11.8. The Morgan fingerprint density at radius 2 is 1.79 bits per heavy atom. The summed E-state index contributed by atoms with van der Waals surface area (Å²) in [5.41, 5.74) is 11.4. The van der Waals surface area contributed by atoms with Gasteiger partial charge in [0.25, 0.3) is 5.91 Å². The number of hydrogen-bond donors (Lipinski definition) is 2. The van der Waals surface area contributed by atoms with Crippen molar-refractivity contribution in [3.63, 3.8) is 0 Å². The number of likely N-dealkylation sites (tertiary alicyclic amines) is 1. The Balaban J connectivity index is 1.50. The first kappa shape index (κ1) is 22.1. The molecule has 2 aromatic heterocycles. The highest BCUT2D eigenvalue weighted by molar-refractivity contribution is 6.03. The SMILES string of the molecule is C=C(C)C(=O)N[C@H]1C[C@H](c2c(-c3ccc(C(=O)N4CCCC4)cc3)c3c(N)ncnc3n2C)C1. The van der Waals surface area contributed by atoms with Crippen LogP contribution in [-0.4, -0.2) is 50.4 Å². The van der Waals surface area contributed by atoms with Gasteiger partial charge < -0.3 is 20.5 Å². The van der Waals surface area contributed by atoms with Gasteiger partial charge in [0.2, 0.25) is 5.91 Å². The van der Waals surface area contributed by atoms with Crippen LogP contribution in [0.25, 0.3) is 22.2 Å². The summed E-state index contributed by atoms with van der Waals surface area (Å²) in [7, 11) is 2.00. The van der Waals surface area contributed by atoms with E-state index < -0.39 is 0 Å². The fourth-order valence-electron chi connectivity index (χ4n) is 5.21. The molecule has 1 aromatic carbocycles. The Labute approximate surface area is 198 Å². The van der Waals surface area contributed by atoms with E-state index in [0.717, 1.165) is 66.6 Å². The van der Waals surface area contributed by atoms with E-state index in [1.54, 1.807) is 6.92 Å². The fourth-order valence-corrected chi connectivity index (χ4v) is 5.21. The van der Waals surface area contributed by atoms with Crippen LogP contribution >= 0.6 is 0 Å². The maximum absolute atomic E-state index is 12.8. The van der Waals surface area contributed by atoms with Gasteiger partial charge in [0.1, 0.15) is 17.8 Å². The molecule has 8 nitrogen and oxygen atoms in total. The molecule has 8 heteroatoms. The number of nitrogens with two attached hydrogens (primary N) is 1. The van der Waals surface area contributed by atoms with Crippen LogP contribution in [0.5, 0.6) is 0 Å². The van der Waals surface area contributed by atoms with Gasteiger partial charge in [0, 0.05) is 54.5 Å². The van der Waals surface area contributed by atoms with Crippen LogP contribution in [-0.2, 0) is 11.8 Å². The number of nitrogens with zero attached hydrogens (tertiary/aromatic N) is 4. The number of nitrogens with one attached hydrogen (secondary N) is 1. The van der Waals surface area contributed by atoms with Crippen molar-refractivity contribution in [2.24, 2.45) is 7.05 Å². The predicted molar refractivity (Wildman–Crippen MR) is 132 cm³/mol. The number of benzene rings is 1. The number of aryl methyl sites for hydroxylation is 1. The Hall–Kier alpha value is -3.68. The predicted octanol–water partition coefficient (Wildman–Crippen LogP) is 3.39. The van der Waals surface area contributed by atoms with Crippen LogP contribution < -0.4 is 11.1 Å². The van der Waals surface area contributed by atoms with E-state index in [0.29, 0.717) is 17.0 Å². The second-order valence-corrected chi connectivity index (χ2v) is 9.47. The van der Waals surface area contributed by atoms with Crippen molar-refractivity contribution in [2.75, 3.05) is 18.8 Å². The Bertz CT molecular complexity index is 1280. The summed E-state index contributed by atoms with van der Waals surface area (Å²) in [4.78, 5) is 35.5. The molecule has 2 fully saturated rings. The lowest BCUT2D eigenvalue weighted by Gasteiger charge is -2.37. The van der Waals surface area contributed by atoms with E-state index in [9.17, 15) is 9.59 Å². The minimum atomic E-state index is -0.103. The minimum absolute atomic E-state index is 0.0835. The van der Waals surface area contributed by atoms with Crippen molar-refractivity contribution >= 4 is 28.7 Å². The quantitative estimate of drug-likeness (QED) is 0.570. The Kier molecular flexibility index (Phi) is 5.59. The van der Waals surface area contributed by atoms with Gasteiger partial charge in [-0.15, -0.1) is 0 Å². The van der Waals surface area contributed by atoms with Gasteiger partial charge in [-0.25, -0.2) is 9.97 Å². The molecule has 0 atom stereocenters. The zero-order valence-electron chi connectivity index (χ0n) is 19.7. The van der Waals surface area contributed by atoms with Crippen LogP contribution in [0.1, 0.15) is 54.6 Å². The maximum Gasteiger partial charge on any atom is 0.253 e. The van der Waals surface area contributed by atoms with Crippen molar-refractivity contribution < 1.29 is 9.59 Å². The average Bonchev–Trinajstić information content (AvgIpc) is 3.43. The lowest BCUT2D eigenvalue weighted by Crippen LogP contribution is -2.44. The summed E-state index contributed by atoms with van der Waals surface area (Å²) in [5.74, 6) is 0.662. The normalized spacial score (nSPS) is 19.8. The Morgan fingerprint density at radius 3 is 2.44 bits per heavy atom. The molecule has 0 unspecified atom stereocenters. The van der Waals surface area contributed by atoms with Crippen LogP contribution in [0.3, 0.4) is 0 Å². The number of carbonyl (C=O) groups is 2. The van der Waals surface area contributed by atoms with E-state index >= 15 is 0 Å². The number of aromatic nitrogens is 3. The average molecular weight is 459 g/mol. The van der Waals surface area contributed by atoms with Gasteiger partial charge in [-0.05, 0) is 50.3 Å². The summed E-state index contributed by atoms with van der Waals surface area (Å²) in [6, 6.07) is 7.90. The van der Waals surface area contributed by atoms with Crippen LogP contribution in [0, 0.1) is 0 Å². The Morgan fingerprint density at radius 1 is 1.12 bits per heavy atom. The van der Waals surface area contributed by atoms with Crippen molar-refractivity contribution in [3.8, 4) is 11.1 Å². The smallest absolute Gasteiger partial charge is 0.253 e. The molecule has 1 aliphatic carbocycles.